The molecule has 1 amide bonds. The van der Waals surface area contributed by atoms with Crippen LogP contribution >= 0.6 is 0 Å². The molecule has 4 nitrogen and oxygen atoms in total. The van der Waals surface area contributed by atoms with Gasteiger partial charge in [0.25, 0.3) is 0 Å². The van der Waals surface area contributed by atoms with Crippen molar-refractivity contribution >= 4 is 11.8 Å². The van der Waals surface area contributed by atoms with Crippen LogP contribution in [0.5, 0.6) is 0 Å². The Hall–Kier alpha value is -1.71. The summed E-state index contributed by atoms with van der Waals surface area (Å²) in [4.78, 5) is 12.4. The molecular formula is C20H28N2O2. The lowest BCUT2D eigenvalue weighted by molar-refractivity contribution is 0.0426. The number of alkyl carbamates (subject to hydrolysis) is 1. The first-order chi connectivity index (χ1) is 11.2. The van der Waals surface area contributed by atoms with Crippen molar-refractivity contribution in [2.45, 2.75) is 69.4 Å². The topological polar surface area (TPSA) is 64.3 Å². The number of carbonyl (C=O) groups is 1. The van der Waals surface area contributed by atoms with Gasteiger partial charge in [0, 0.05) is 11.2 Å². The Bertz CT molecular complexity index is 663. The summed E-state index contributed by atoms with van der Waals surface area (Å²) in [5.41, 5.74) is 7.74. The van der Waals surface area contributed by atoms with Gasteiger partial charge in [-0.05, 0) is 87.8 Å². The molecule has 0 aromatic heterocycles. The summed E-state index contributed by atoms with van der Waals surface area (Å²) in [6.07, 6.45) is 5.53. The number of anilines is 1. The molecule has 0 aliphatic heterocycles. The molecule has 4 aliphatic rings. The fraction of sp³-hybridized carbons (Fsp3) is 0.650. The molecule has 4 unspecified atom stereocenters. The molecule has 5 rings (SSSR count). The minimum absolute atomic E-state index is 0.0767. The molecule has 3 N–H and O–H groups in total. The van der Waals surface area contributed by atoms with Crippen LogP contribution < -0.4 is 11.1 Å². The number of nitrogens with one attached hydrogen (secondary N) is 1. The molecule has 24 heavy (non-hydrogen) atoms. The number of carbonyl (C=O) groups excluding carboxylic acids is 1. The van der Waals surface area contributed by atoms with Gasteiger partial charge < -0.3 is 15.8 Å². The molecule has 0 radical (unpaired) electrons. The number of nitrogens with two attached hydrogens (primary N) is 1. The molecule has 4 heteroatoms. The normalized spacial score (nSPS) is 36.8. The lowest BCUT2D eigenvalue weighted by Crippen LogP contribution is -2.52. The highest BCUT2D eigenvalue weighted by molar-refractivity contribution is 5.69. The van der Waals surface area contributed by atoms with Gasteiger partial charge in [-0.25, -0.2) is 4.79 Å². The summed E-state index contributed by atoms with van der Waals surface area (Å²) < 4.78 is 5.54. The van der Waals surface area contributed by atoms with Gasteiger partial charge in [-0.15, -0.1) is 0 Å². The van der Waals surface area contributed by atoms with Gasteiger partial charge in [0.05, 0.1) is 0 Å². The summed E-state index contributed by atoms with van der Waals surface area (Å²) in [5.74, 6) is 1.28. The molecule has 1 aromatic carbocycles. The minimum Gasteiger partial charge on any atom is -0.444 e. The number of nitrogen functional groups attached to an aromatic ring is 1. The Kier molecular flexibility index (Phi) is 3.23. The van der Waals surface area contributed by atoms with E-state index in [9.17, 15) is 4.79 Å². The maximum absolute atomic E-state index is 12.4. The van der Waals surface area contributed by atoms with E-state index >= 15 is 0 Å². The summed E-state index contributed by atoms with van der Waals surface area (Å²) in [6.45, 7) is 5.75. The van der Waals surface area contributed by atoms with Crippen molar-refractivity contribution < 1.29 is 9.53 Å². The van der Waals surface area contributed by atoms with Crippen LogP contribution in [0.3, 0.4) is 0 Å². The summed E-state index contributed by atoms with van der Waals surface area (Å²) in [7, 11) is 0. The summed E-state index contributed by atoms with van der Waals surface area (Å²) >= 11 is 0. The second-order valence-corrected chi connectivity index (χ2v) is 9.27. The largest absolute Gasteiger partial charge is 0.444 e. The van der Waals surface area contributed by atoms with E-state index < -0.39 is 5.60 Å². The van der Waals surface area contributed by atoms with Crippen LogP contribution in [0.25, 0.3) is 0 Å². The quantitative estimate of drug-likeness (QED) is 0.807. The zero-order chi connectivity index (χ0) is 17.2. The summed E-state index contributed by atoms with van der Waals surface area (Å²) in [5, 5.41) is 3.29. The van der Waals surface area contributed by atoms with E-state index in [1.807, 2.05) is 32.9 Å². The lowest BCUT2D eigenvalue weighted by atomic mass is 9.65. The second kappa shape index (κ2) is 4.90. The maximum Gasteiger partial charge on any atom is 0.408 e. The van der Waals surface area contributed by atoms with E-state index in [2.05, 4.69) is 17.4 Å². The van der Waals surface area contributed by atoms with Crippen LogP contribution in [0.4, 0.5) is 10.5 Å². The SMILES string of the molecule is CC(C)(C)OC(=O)NC12CC3CC1CC(c1ccc(N)cc1)(C3)C2. The Morgan fingerprint density at radius 2 is 1.92 bits per heavy atom. The van der Waals surface area contributed by atoms with Crippen molar-refractivity contribution in [1.82, 2.24) is 5.32 Å². The fourth-order valence-corrected chi connectivity index (χ4v) is 5.78. The monoisotopic (exact) mass is 328 g/mol. The standard InChI is InChI=1S/C20H28N2O2/c1-18(2,3)24-17(23)22-20-10-13-8-15(20)11-19(9-13,12-20)14-4-6-16(21)7-5-14/h4-7,13,15H,8-12,21H2,1-3H3,(H,22,23). The zero-order valence-corrected chi connectivity index (χ0v) is 14.9. The van der Waals surface area contributed by atoms with Crippen LogP contribution in [0.1, 0.15) is 58.4 Å². The number of hydrogen-bond acceptors (Lipinski definition) is 3. The van der Waals surface area contributed by atoms with Crippen molar-refractivity contribution in [2.24, 2.45) is 11.8 Å². The van der Waals surface area contributed by atoms with Crippen LogP contribution in [-0.4, -0.2) is 17.2 Å². The fourth-order valence-electron chi connectivity index (χ4n) is 5.78. The predicted octanol–water partition coefficient (Wildman–Crippen LogP) is 3.99. The van der Waals surface area contributed by atoms with Crippen LogP contribution in [0, 0.1) is 11.8 Å². The first-order valence-corrected chi connectivity index (χ1v) is 9.07. The number of amides is 1. The van der Waals surface area contributed by atoms with Gasteiger partial charge in [0.1, 0.15) is 5.60 Å². The summed E-state index contributed by atoms with van der Waals surface area (Å²) in [6, 6.07) is 8.38. The molecule has 4 saturated carbocycles. The lowest BCUT2D eigenvalue weighted by Gasteiger charge is -2.41. The maximum atomic E-state index is 12.4. The molecule has 0 heterocycles. The molecule has 130 valence electrons. The molecule has 4 aliphatic carbocycles. The molecule has 1 aromatic rings. The van der Waals surface area contributed by atoms with Gasteiger partial charge in [-0.3, -0.25) is 0 Å². The van der Waals surface area contributed by atoms with Gasteiger partial charge in [0.2, 0.25) is 0 Å². The minimum atomic E-state index is -0.453. The smallest absolute Gasteiger partial charge is 0.408 e. The third kappa shape index (κ3) is 2.47. The van der Waals surface area contributed by atoms with E-state index in [-0.39, 0.29) is 17.0 Å². The zero-order valence-electron chi connectivity index (χ0n) is 14.9. The Morgan fingerprint density at radius 1 is 1.21 bits per heavy atom. The Morgan fingerprint density at radius 3 is 2.58 bits per heavy atom. The van der Waals surface area contributed by atoms with E-state index in [0.717, 1.165) is 18.5 Å². The van der Waals surface area contributed by atoms with Crippen molar-refractivity contribution in [3.8, 4) is 0 Å². The Labute approximate surface area is 144 Å². The highest BCUT2D eigenvalue weighted by Gasteiger charge is 2.65. The van der Waals surface area contributed by atoms with E-state index in [0.29, 0.717) is 11.8 Å². The van der Waals surface area contributed by atoms with Gasteiger partial charge in [-0.1, -0.05) is 12.1 Å². The number of ether oxygens (including phenoxy) is 1. The molecular weight excluding hydrogens is 300 g/mol. The van der Waals surface area contributed by atoms with Crippen molar-refractivity contribution in [3.05, 3.63) is 29.8 Å². The Balaban J connectivity index is 1.59. The van der Waals surface area contributed by atoms with E-state index in [4.69, 9.17) is 10.5 Å². The van der Waals surface area contributed by atoms with Gasteiger partial charge >= 0.3 is 6.09 Å². The highest BCUT2D eigenvalue weighted by atomic mass is 16.6. The number of rotatable bonds is 2. The van der Waals surface area contributed by atoms with Crippen molar-refractivity contribution in [1.29, 1.82) is 0 Å². The predicted molar refractivity (Wildman–Crippen MR) is 94.7 cm³/mol. The molecule has 4 atom stereocenters. The van der Waals surface area contributed by atoms with Crippen molar-refractivity contribution in [2.75, 3.05) is 5.73 Å². The number of benzene rings is 1. The number of hydrogen-bond donors (Lipinski definition) is 2. The van der Waals surface area contributed by atoms with Crippen LogP contribution in [0.15, 0.2) is 24.3 Å². The molecule has 0 saturated heterocycles. The van der Waals surface area contributed by atoms with E-state index in [1.54, 1.807) is 0 Å². The van der Waals surface area contributed by atoms with Crippen molar-refractivity contribution in [3.63, 3.8) is 0 Å². The van der Waals surface area contributed by atoms with Crippen LogP contribution in [0.2, 0.25) is 0 Å². The van der Waals surface area contributed by atoms with Crippen LogP contribution in [-0.2, 0) is 10.2 Å². The first kappa shape index (κ1) is 15.8. The van der Waals surface area contributed by atoms with E-state index in [1.165, 1.54) is 24.8 Å². The average Bonchev–Trinajstić information content (AvgIpc) is 2.79. The molecule has 4 bridgehead atoms. The second-order valence-electron chi connectivity index (χ2n) is 9.27. The third-order valence-corrected chi connectivity index (χ3v) is 6.30. The highest BCUT2D eigenvalue weighted by Crippen LogP contribution is 2.66. The molecule has 0 spiro atoms. The molecule has 4 fully saturated rings. The first-order valence-electron chi connectivity index (χ1n) is 9.07. The average molecular weight is 328 g/mol. The third-order valence-electron chi connectivity index (χ3n) is 6.30. The van der Waals surface area contributed by atoms with Gasteiger partial charge in [-0.2, -0.15) is 0 Å². The van der Waals surface area contributed by atoms with Gasteiger partial charge in [0.15, 0.2) is 0 Å².